The Hall–Kier alpha value is -1.43. The van der Waals surface area contributed by atoms with E-state index < -0.39 is 18.2 Å². The predicted octanol–water partition coefficient (Wildman–Crippen LogP) is 12.0. The van der Waals surface area contributed by atoms with E-state index in [0.29, 0.717) is 6.42 Å². The van der Waals surface area contributed by atoms with E-state index in [0.717, 1.165) is 44.9 Å². The Morgan fingerprint density at radius 1 is 0.510 bits per heavy atom. The molecule has 1 amide bonds. The van der Waals surface area contributed by atoms with Crippen LogP contribution in [0.4, 0.5) is 0 Å². The van der Waals surface area contributed by atoms with Crippen LogP contribution in [-0.2, 0) is 4.79 Å². The minimum Gasteiger partial charge on any atom is -0.394 e. The Bertz CT molecular complexity index is 764. The molecule has 0 rings (SSSR count). The van der Waals surface area contributed by atoms with E-state index in [1.165, 1.54) is 141 Å². The van der Waals surface area contributed by atoms with E-state index in [1.54, 1.807) is 6.08 Å². The molecule has 0 aliphatic rings. The van der Waals surface area contributed by atoms with Crippen molar-refractivity contribution < 1.29 is 20.1 Å². The van der Waals surface area contributed by atoms with Crippen LogP contribution in [-0.4, -0.2) is 46.1 Å². The third kappa shape index (κ3) is 36.2. The highest BCUT2D eigenvalue weighted by Gasteiger charge is 2.20. The molecule has 4 N–H and O–H groups in total. The first-order chi connectivity index (χ1) is 24.0. The lowest BCUT2D eigenvalue weighted by Crippen LogP contribution is -2.45. The summed E-state index contributed by atoms with van der Waals surface area (Å²) >= 11 is 0. The van der Waals surface area contributed by atoms with E-state index in [4.69, 9.17) is 0 Å². The molecule has 0 saturated carbocycles. The Labute approximate surface area is 304 Å². The van der Waals surface area contributed by atoms with Gasteiger partial charge in [-0.3, -0.25) is 4.79 Å². The number of unbranched alkanes of at least 4 members (excludes halogenated alkanes) is 25. The molecule has 3 atom stereocenters. The molecule has 0 aromatic carbocycles. The van der Waals surface area contributed by atoms with Crippen molar-refractivity contribution in [3.63, 3.8) is 0 Å². The number of aliphatic hydroxyl groups is 3. The molecule has 0 radical (unpaired) electrons. The normalized spacial score (nSPS) is 14.0. The Balaban J connectivity index is 3.74. The molecule has 0 aromatic heterocycles. The zero-order valence-electron chi connectivity index (χ0n) is 32.6. The number of hydrogen-bond acceptors (Lipinski definition) is 4. The van der Waals surface area contributed by atoms with E-state index in [2.05, 4.69) is 43.5 Å². The van der Waals surface area contributed by atoms with Crippen molar-refractivity contribution in [1.82, 2.24) is 5.32 Å². The van der Waals surface area contributed by atoms with Gasteiger partial charge in [0.1, 0.15) is 0 Å². The minimum atomic E-state index is -0.952. The second-order valence-corrected chi connectivity index (χ2v) is 14.6. The fourth-order valence-corrected chi connectivity index (χ4v) is 6.35. The van der Waals surface area contributed by atoms with Gasteiger partial charge in [0, 0.05) is 0 Å². The van der Waals surface area contributed by atoms with Gasteiger partial charge >= 0.3 is 0 Å². The van der Waals surface area contributed by atoms with Crippen LogP contribution in [0.2, 0.25) is 0 Å². The van der Waals surface area contributed by atoms with Gasteiger partial charge in [-0.25, -0.2) is 0 Å². The first kappa shape index (κ1) is 47.6. The Kier molecular flexibility index (Phi) is 38.2. The molecule has 288 valence electrons. The molecule has 5 heteroatoms. The van der Waals surface area contributed by atoms with Crippen LogP contribution in [0, 0.1) is 0 Å². The van der Waals surface area contributed by atoms with Crippen molar-refractivity contribution in [2.45, 2.75) is 231 Å². The lowest BCUT2D eigenvalue weighted by Gasteiger charge is -2.20. The third-order valence-corrected chi connectivity index (χ3v) is 9.65. The molecule has 0 spiro atoms. The van der Waals surface area contributed by atoms with Crippen molar-refractivity contribution in [3.05, 3.63) is 36.5 Å². The van der Waals surface area contributed by atoms with Crippen molar-refractivity contribution in [2.75, 3.05) is 6.61 Å². The average Bonchev–Trinajstić information content (AvgIpc) is 3.09. The van der Waals surface area contributed by atoms with Crippen LogP contribution in [0.25, 0.3) is 0 Å². The maximum Gasteiger partial charge on any atom is 0.222 e. The summed E-state index contributed by atoms with van der Waals surface area (Å²) in [7, 11) is 0. The summed E-state index contributed by atoms with van der Waals surface area (Å²) in [6.45, 7) is 4.19. The summed E-state index contributed by atoms with van der Waals surface area (Å²) in [6.07, 6.45) is 48.5. The summed E-state index contributed by atoms with van der Waals surface area (Å²) in [4.78, 5) is 12.4. The lowest BCUT2D eigenvalue weighted by molar-refractivity contribution is -0.124. The number of rotatable bonds is 38. The molecule has 0 aliphatic heterocycles. The number of allylic oxidation sites excluding steroid dienone is 5. The van der Waals surface area contributed by atoms with Gasteiger partial charge in [0.15, 0.2) is 0 Å². The fraction of sp³-hybridized carbons (Fsp3) is 0.841. The van der Waals surface area contributed by atoms with E-state index in [9.17, 15) is 20.1 Å². The first-order valence-electron chi connectivity index (χ1n) is 21.3. The van der Waals surface area contributed by atoms with Gasteiger partial charge in [0.25, 0.3) is 0 Å². The first-order valence-corrected chi connectivity index (χ1v) is 21.3. The molecule has 0 aliphatic carbocycles. The Morgan fingerprint density at radius 3 is 1.31 bits per heavy atom. The lowest BCUT2D eigenvalue weighted by atomic mass is 10.0. The SMILES string of the molecule is CCCCCCCCCC/C=C\CCCCCCCC(O)CC(=O)NC(CO)C(O)/C=C/CC/C=C/CCCCCCCCCCCCC. The second-order valence-electron chi connectivity index (χ2n) is 14.6. The van der Waals surface area contributed by atoms with Gasteiger partial charge in [0.2, 0.25) is 5.91 Å². The van der Waals surface area contributed by atoms with Crippen LogP contribution in [0.5, 0.6) is 0 Å². The molecule has 0 fully saturated rings. The predicted molar refractivity (Wildman–Crippen MR) is 213 cm³/mol. The number of amides is 1. The van der Waals surface area contributed by atoms with Gasteiger partial charge in [-0.2, -0.15) is 0 Å². The van der Waals surface area contributed by atoms with E-state index >= 15 is 0 Å². The highest BCUT2D eigenvalue weighted by molar-refractivity contribution is 5.76. The van der Waals surface area contributed by atoms with Crippen molar-refractivity contribution in [3.8, 4) is 0 Å². The van der Waals surface area contributed by atoms with E-state index in [-0.39, 0.29) is 18.9 Å². The summed E-state index contributed by atoms with van der Waals surface area (Å²) in [5.74, 6) is -0.330. The topological polar surface area (TPSA) is 89.8 Å². The van der Waals surface area contributed by atoms with Crippen molar-refractivity contribution in [1.29, 1.82) is 0 Å². The maximum absolute atomic E-state index is 12.4. The smallest absolute Gasteiger partial charge is 0.222 e. The van der Waals surface area contributed by atoms with Crippen molar-refractivity contribution >= 4 is 5.91 Å². The summed E-state index contributed by atoms with van der Waals surface area (Å²) in [5, 5.41) is 33.2. The number of carbonyl (C=O) groups is 1. The van der Waals surface area contributed by atoms with Gasteiger partial charge in [-0.1, -0.05) is 185 Å². The number of hydrogen-bond donors (Lipinski definition) is 4. The van der Waals surface area contributed by atoms with Crippen LogP contribution in [0.1, 0.15) is 213 Å². The number of aliphatic hydroxyl groups excluding tert-OH is 3. The quantitative estimate of drug-likeness (QED) is 0.0384. The molecular formula is C44H83NO4. The molecule has 0 heterocycles. The molecular weight excluding hydrogens is 606 g/mol. The molecule has 5 nitrogen and oxygen atoms in total. The summed E-state index contributed by atoms with van der Waals surface area (Å²) < 4.78 is 0. The largest absolute Gasteiger partial charge is 0.394 e. The highest BCUT2D eigenvalue weighted by Crippen LogP contribution is 2.14. The molecule has 0 bridgehead atoms. The van der Waals surface area contributed by atoms with Crippen LogP contribution < -0.4 is 5.32 Å². The second kappa shape index (κ2) is 39.4. The third-order valence-electron chi connectivity index (χ3n) is 9.65. The maximum atomic E-state index is 12.4. The molecule has 49 heavy (non-hydrogen) atoms. The van der Waals surface area contributed by atoms with Gasteiger partial charge < -0.3 is 20.6 Å². The van der Waals surface area contributed by atoms with Gasteiger partial charge in [-0.15, -0.1) is 0 Å². The number of carbonyl (C=O) groups excluding carboxylic acids is 1. The van der Waals surface area contributed by atoms with Crippen LogP contribution in [0.3, 0.4) is 0 Å². The molecule has 0 aromatic rings. The summed E-state index contributed by atoms with van der Waals surface area (Å²) in [5.41, 5.74) is 0. The van der Waals surface area contributed by atoms with Crippen LogP contribution in [0.15, 0.2) is 36.5 Å². The molecule has 0 saturated heterocycles. The standard InChI is InChI=1S/C44H83NO4/c1-3-5-7-9-11-13-15-17-19-21-23-25-27-29-31-33-35-37-41(47)39-44(49)45-42(40-46)43(48)38-36-34-32-30-28-26-24-22-20-18-16-14-12-10-8-6-4-2/h21,23,28,30,36,38,41-43,46-48H,3-20,22,24-27,29,31-35,37,39-40H2,1-2H3,(H,45,49)/b23-21-,30-28+,38-36+. The minimum absolute atomic E-state index is 0.000502. The monoisotopic (exact) mass is 690 g/mol. The van der Waals surface area contributed by atoms with Gasteiger partial charge in [-0.05, 0) is 57.8 Å². The Morgan fingerprint density at radius 2 is 0.878 bits per heavy atom. The van der Waals surface area contributed by atoms with E-state index in [1.807, 2.05) is 6.08 Å². The van der Waals surface area contributed by atoms with Crippen molar-refractivity contribution in [2.24, 2.45) is 0 Å². The number of nitrogens with one attached hydrogen (secondary N) is 1. The fourth-order valence-electron chi connectivity index (χ4n) is 6.35. The summed E-state index contributed by atoms with van der Waals surface area (Å²) in [6, 6.07) is -0.762. The average molecular weight is 690 g/mol. The zero-order valence-corrected chi connectivity index (χ0v) is 32.6. The zero-order chi connectivity index (χ0) is 35.9. The van der Waals surface area contributed by atoms with Gasteiger partial charge in [0.05, 0.1) is 31.3 Å². The van der Waals surface area contributed by atoms with Crippen LogP contribution >= 0.6 is 0 Å². The highest BCUT2D eigenvalue weighted by atomic mass is 16.3. The molecule has 3 unspecified atom stereocenters.